The molecule has 4 nitrogen and oxygen atoms in total. The van der Waals surface area contributed by atoms with Crippen LogP contribution in [0.1, 0.15) is 56.0 Å². The van der Waals surface area contributed by atoms with Gasteiger partial charge in [0.1, 0.15) is 0 Å². The highest BCUT2D eigenvalue weighted by atomic mass is 16.2. The predicted molar refractivity (Wildman–Crippen MR) is 89.8 cm³/mol. The Morgan fingerprint density at radius 3 is 2.41 bits per heavy atom. The molecule has 1 aromatic rings. The number of hydrogen-bond acceptors (Lipinski definition) is 2. The molecule has 0 saturated heterocycles. The van der Waals surface area contributed by atoms with Crippen LogP contribution in [0.2, 0.25) is 0 Å². The zero-order valence-electron chi connectivity index (χ0n) is 14.1. The summed E-state index contributed by atoms with van der Waals surface area (Å²) in [5.74, 6) is 0.507. The van der Waals surface area contributed by atoms with Crippen molar-refractivity contribution in [3.63, 3.8) is 0 Å². The molecule has 1 rings (SSSR count). The highest BCUT2D eigenvalue weighted by Crippen LogP contribution is 2.07. The van der Waals surface area contributed by atoms with Crippen molar-refractivity contribution in [2.45, 2.75) is 53.0 Å². The van der Waals surface area contributed by atoms with Gasteiger partial charge in [-0.3, -0.25) is 9.59 Å². The summed E-state index contributed by atoms with van der Waals surface area (Å²) in [6, 6.07) is 7.61. The summed E-state index contributed by atoms with van der Waals surface area (Å²) < 4.78 is 0. The van der Waals surface area contributed by atoms with Gasteiger partial charge in [-0.25, -0.2) is 0 Å². The SMILES string of the molecule is Cc1ccccc1C(=O)NCCC(=O)NC(C)CCC(C)C. The van der Waals surface area contributed by atoms with Crippen molar-refractivity contribution in [3.05, 3.63) is 35.4 Å². The van der Waals surface area contributed by atoms with Crippen molar-refractivity contribution in [1.29, 1.82) is 0 Å². The lowest BCUT2D eigenvalue weighted by molar-refractivity contribution is -0.121. The second kappa shape index (κ2) is 9.23. The van der Waals surface area contributed by atoms with Gasteiger partial charge >= 0.3 is 0 Å². The molecule has 2 amide bonds. The quantitative estimate of drug-likeness (QED) is 0.775. The van der Waals surface area contributed by atoms with E-state index >= 15 is 0 Å². The lowest BCUT2D eigenvalue weighted by Crippen LogP contribution is -2.35. The first-order chi connectivity index (χ1) is 10.4. The van der Waals surface area contributed by atoms with Gasteiger partial charge in [-0.1, -0.05) is 32.0 Å². The summed E-state index contributed by atoms with van der Waals surface area (Å²) >= 11 is 0. The van der Waals surface area contributed by atoms with Crippen molar-refractivity contribution in [3.8, 4) is 0 Å². The molecule has 0 spiro atoms. The van der Waals surface area contributed by atoms with Crippen LogP contribution in [0.25, 0.3) is 0 Å². The Kier molecular flexibility index (Phi) is 7.64. The van der Waals surface area contributed by atoms with Gasteiger partial charge in [-0.05, 0) is 44.2 Å². The molecular weight excluding hydrogens is 276 g/mol. The highest BCUT2D eigenvalue weighted by Gasteiger charge is 2.10. The molecule has 0 aromatic heterocycles. The van der Waals surface area contributed by atoms with Gasteiger partial charge in [-0.15, -0.1) is 0 Å². The molecule has 2 N–H and O–H groups in total. The van der Waals surface area contributed by atoms with Crippen molar-refractivity contribution in [2.75, 3.05) is 6.54 Å². The maximum absolute atomic E-state index is 12.0. The first kappa shape index (κ1) is 18.2. The summed E-state index contributed by atoms with van der Waals surface area (Å²) in [4.78, 5) is 23.8. The fourth-order valence-corrected chi connectivity index (χ4v) is 2.21. The molecule has 0 bridgehead atoms. The summed E-state index contributed by atoms with van der Waals surface area (Å²) in [5, 5.41) is 5.76. The van der Waals surface area contributed by atoms with Crippen molar-refractivity contribution in [1.82, 2.24) is 10.6 Å². The van der Waals surface area contributed by atoms with Crippen LogP contribution in [0.15, 0.2) is 24.3 Å². The first-order valence-electron chi connectivity index (χ1n) is 8.03. The maximum atomic E-state index is 12.0. The normalized spacial score (nSPS) is 12.0. The average molecular weight is 304 g/mol. The van der Waals surface area contributed by atoms with Gasteiger partial charge < -0.3 is 10.6 Å². The molecular formula is C18H28N2O2. The molecule has 0 fully saturated rings. The van der Waals surface area contributed by atoms with Crippen molar-refractivity contribution >= 4 is 11.8 Å². The van der Waals surface area contributed by atoms with Crippen LogP contribution in [-0.2, 0) is 4.79 Å². The van der Waals surface area contributed by atoms with Crippen LogP contribution >= 0.6 is 0 Å². The number of carbonyl (C=O) groups excluding carboxylic acids is 2. The number of carbonyl (C=O) groups is 2. The van der Waals surface area contributed by atoms with Crippen molar-refractivity contribution in [2.24, 2.45) is 5.92 Å². The molecule has 4 heteroatoms. The van der Waals surface area contributed by atoms with Crippen molar-refractivity contribution < 1.29 is 9.59 Å². The van der Waals surface area contributed by atoms with E-state index in [1.54, 1.807) is 6.07 Å². The van der Waals surface area contributed by atoms with Gasteiger partial charge in [-0.2, -0.15) is 0 Å². The van der Waals surface area contributed by atoms with Crippen LogP contribution in [0.3, 0.4) is 0 Å². The third-order valence-corrected chi connectivity index (χ3v) is 3.61. The molecule has 0 saturated carbocycles. The maximum Gasteiger partial charge on any atom is 0.251 e. The third kappa shape index (κ3) is 6.74. The molecule has 1 aromatic carbocycles. The molecule has 22 heavy (non-hydrogen) atoms. The van der Waals surface area contributed by atoms with E-state index in [0.717, 1.165) is 18.4 Å². The van der Waals surface area contributed by atoms with Crippen LogP contribution < -0.4 is 10.6 Å². The highest BCUT2D eigenvalue weighted by molar-refractivity contribution is 5.95. The Morgan fingerprint density at radius 2 is 1.77 bits per heavy atom. The number of hydrogen-bond donors (Lipinski definition) is 2. The predicted octanol–water partition coefficient (Wildman–Crippen LogP) is 3.06. The van der Waals surface area contributed by atoms with Gasteiger partial charge in [0.25, 0.3) is 5.91 Å². The molecule has 122 valence electrons. The van der Waals surface area contributed by atoms with Crippen LogP contribution in [0.4, 0.5) is 0 Å². The minimum absolute atomic E-state index is 0.0126. The Labute approximate surface area is 133 Å². The standard InChI is InChI=1S/C18H28N2O2/c1-13(2)9-10-15(4)20-17(21)11-12-19-18(22)16-8-6-5-7-14(16)3/h5-8,13,15H,9-12H2,1-4H3,(H,19,22)(H,20,21). The Morgan fingerprint density at radius 1 is 1.09 bits per heavy atom. The van der Waals surface area contributed by atoms with E-state index in [9.17, 15) is 9.59 Å². The third-order valence-electron chi connectivity index (χ3n) is 3.61. The number of rotatable bonds is 8. The molecule has 0 aliphatic rings. The smallest absolute Gasteiger partial charge is 0.251 e. The fourth-order valence-electron chi connectivity index (χ4n) is 2.21. The monoisotopic (exact) mass is 304 g/mol. The molecule has 0 radical (unpaired) electrons. The van der Waals surface area contributed by atoms with E-state index in [1.807, 2.05) is 32.0 Å². The van der Waals surface area contributed by atoms with E-state index in [1.165, 1.54) is 0 Å². The summed E-state index contributed by atoms with van der Waals surface area (Å²) in [7, 11) is 0. The number of benzene rings is 1. The van der Waals surface area contributed by atoms with Gasteiger partial charge in [0, 0.05) is 24.6 Å². The zero-order valence-corrected chi connectivity index (χ0v) is 14.1. The van der Waals surface area contributed by atoms with Gasteiger partial charge in [0.05, 0.1) is 0 Å². The minimum atomic E-state index is -0.126. The van der Waals surface area contributed by atoms with E-state index in [0.29, 0.717) is 24.4 Å². The lowest BCUT2D eigenvalue weighted by atomic mass is 10.0. The second-order valence-electron chi connectivity index (χ2n) is 6.26. The zero-order chi connectivity index (χ0) is 16.5. The van der Waals surface area contributed by atoms with E-state index in [4.69, 9.17) is 0 Å². The molecule has 0 aliphatic carbocycles. The van der Waals surface area contributed by atoms with E-state index < -0.39 is 0 Å². The first-order valence-corrected chi connectivity index (χ1v) is 8.03. The fraction of sp³-hybridized carbons (Fsp3) is 0.556. The summed E-state index contributed by atoms with van der Waals surface area (Å²) in [5.41, 5.74) is 1.60. The summed E-state index contributed by atoms with van der Waals surface area (Å²) in [6.45, 7) is 8.63. The Hall–Kier alpha value is -1.84. The van der Waals surface area contributed by atoms with Gasteiger partial charge in [0.2, 0.25) is 5.91 Å². The second-order valence-corrected chi connectivity index (χ2v) is 6.26. The number of nitrogens with one attached hydrogen (secondary N) is 2. The molecule has 1 atom stereocenters. The number of aryl methyl sites for hydroxylation is 1. The largest absolute Gasteiger partial charge is 0.354 e. The minimum Gasteiger partial charge on any atom is -0.354 e. The van der Waals surface area contributed by atoms with Crippen LogP contribution in [0.5, 0.6) is 0 Å². The summed E-state index contributed by atoms with van der Waals surface area (Å²) in [6.07, 6.45) is 2.40. The van der Waals surface area contributed by atoms with E-state index in [2.05, 4.69) is 24.5 Å². The molecule has 0 aliphatic heterocycles. The lowest BCUT2D eigenvalue weighted by Gasteiger charge is -2.15. The van der Waals surface area contributed by atoms with Crippen LogP contribution in [0, 0.1) is 12.8 Å². The average Bonchev–Trinajstić information content (AvgIpc) is 2.45. The Bertz CT molecular complexity index is 498. The van der Waals surface area contributed by atoms with Crippen LogP contribution in [-0.4, -0.2) is 24.4 Å². The topological polar surface area (TPSA) is 58.2 Å². The number of amides is 2. The van der Waals surface area contributed by atoms with E-state index in [-0.39, 0.29) is 17.9 Å². The molecule has 1 unspecified atom stereocenters. The molecule has 0 heterocycles. The Balaban J connectivity index is 2.27. The van der Waals surface area contributed by atoms with Gasteiger partial charge in [0.15, 0.2) is 0 Å².